The third-order valence-electron chi connectivity index (χ3n) is 4.98. The standard InChI is InChI=1S/C18H28N2O3/c1-2-3-7-23-13-16(21)12-19-9-14-8-15(11-19)17-5-4-6-18(22)20(17)10-14/h4-6,14-16,21H,2-3,7-13H2,1H3/t14-,15?,16?/m0/s1. The van der Waals surface area contributed by atoms with Crippen LogP contribution in [0.4, 0.5) is 0 Å². The average molecular weight is 320 g/mol. The summed E-state index contributed by atoms with van der Waals surface area (Å²) in [6.07, 6.45) is 2.89. The Labute approximate surface area is 137 Å². The van der Waals surface area contributed by atoms with Gasteiger partial charge in [-0.05, 0) is 24.8 Å². The van der Waals surface area contributed by atoms with Gasteiger partial charge in [0.15, 0.2) is 0 Å². The number of hydrogen-bond acceptors (Lipinski definition) is 4. The summed E-state index contributed by atoms with van der Waals surface area (Å²) < 4.78 is 7.47. The maximum Gasteiger partial charge on any atom is 0.250 e. The Morgan fingerprint density at radius 3 is 3.04 bits per heavy atom. The van der Waals surface area contributed by atoms with Crippen LogP contribution in [0, 0.1) is 5.92 Å². The molecule has 0 aromatic carbocycles. The highest BCUT2D eigenvalue weighted by atomic mass is 16.5. The van der Waals surface area contributed by atoms with Gasteiger partial charge in [-0.1, -0.05) is 19.4 Å². The summed E-state index contributed by atoms with van der Waals surface area (Å²) in [4.78, 5) is 14.4. The van der Waals surface area contributed by atoms with Crippen LogP contribution in [0.5, 0.6) is 0 Å². The molecule has 23 heavy (non-hydrogen) atoms. The molecule has 0 aliphatic carbocycles. The normalized spacial score (nSPS) is 25.1. The minimum absolute atomic E-state index is 0.120. The van der Waals surface area contributed by atoms with Crippen molar-refractivity contribution in [1.29, 1.82) is 0 Å². The van der Waals surface area contributed by atoms with Crippen LogP contribution in [0.15, 0.2) is 23.0 Å². The van der Waals surface area contributed by atoms with Gasteiger partial charge in [-0.15, -0.1) is 0 Å². The molecule has 0 spiro atoms. The van der Waals surface area contributed by atoms with E-state index in [1.165, 1.54) is 0 Å². The van der Waals surface area contributed by atoms with E-state index >= 15 is 0 Å². The van der Waals surface area contributed by atoms with Gasteiger partial charge in [-0.2, -0.15) is 0 Å². The van der Waals surface area contributed by atoms with Gasteiger partial charge in [0.05, 0.1) is 12.7 Å². The number of likely N-dealkylation sites (tertiary alicyclic amines) is 1. The Morgan fingerprint density at radius 2 is 2.22 bits per heavy atom. The summed E-state index contributed by atoms with van der Waals surface area (Å²) in [5.74, 6) is 0.916. The second-order valence-electron chi connectivity index (χ2n) is 7.00. The quantitative estimate of drug-likeness (QED) is 0.773. The van der Waals surface area contributed by atoms with Crippen molar-refractivity contribution in [3.05, 3.63) is 34.2 Å². The van der Waals surface area contributed by atoms with Crippen molar-refractivity contribution in [1.82, 2.24) is 9.47 Å². The molecule has 3 atom stereocenters. The second-order valence-corrected chi connectivity index (χ2v) is 7.00. The van der Waals surface area contributed by atoms with Crippen molar-refractivity contribution in [3.8, 4) is 0 Å². The summed E-state index contributed by atoms with van der Waals surface area (Å²) >= 11 is 0. The first-order valence-corrected chi connectivity index (χ1v) is 8.85. The number of β-amino-alcohol motifs (C(OH)–C–C–N with tert-alkyl or cyclic N) is 1. The number of nitrogens with zero attached hydrogens (tertiary/aromatic N) is 2. The van der Waals surface area contributed by atoms with E-state index in [-0.39, 0.29) is 5.56 Å². The van der Waals surface area contributed by atoms with Crippen molar-refractivity contribution in [2.24, 2.45) is 5.92 Å². The van der Waals surface area contributed by atoms with E-state index in [2.05, 4.69) is 17.9 Å². The SMILES string of the molecule is CCCCOCC(O)CN1CC2C[C@@H](C1)Cn1c2cccc1=O. The van der Waals surface area contributed by atoms with Gasteiger partial charge in [0.1, 0.15) is 0 Å². The number of hydrogen-bond donors (Lipinski definition) is 1. The molecule has 2 aliphatic heterocycles. The third-order valence-corrected chi connectivity index (χ3v) is 4.98. The van der Waals surface area contributed by atoms with Crippen molar-refractivity contribution in [2.75, 3.05) is 32.8 Å². The highest BCUT2D eigenvalue weighted by Crippen LogP contribution is 2.34. The van der Waals surface area contributed by atoms with Crippen LogP contribution in [-0.4, -0.2) is 53.5 Å². The molecular weight excluding hydrogens is 292 g/mol. The molecular formula is C18H28N2O3. The van der Waals surface area contributed by atoms with Crippen LogP contribution in [-0.2, 0) is 11.3 Å². The minimum atomic E-state index is -0.427. The number of ether oxygens (including phenoxy) is 1. The molecule has 2 bridgehead atoms. The van der Waals surface area contributed by atoms with E-state index < -0.39 is 6.10 Å². The van der Waals surface area contributed by atoms with Crippen LogP contribution in [0.3, 0.4) is 0 Å². The number of fused-ring (bicyclic) bond motifs is 4. The van der Waals surface area contributed by atoms with Crippen LogP contribution in [0.25, 0.3) is 0 Å². The lowest BCUT2D eigenvalue weighted by Crippen LogP contribution is -2.49. The third kappa shape index (κ3) is 4.03. The van der Waals surface area contributed by atoms with Gasteiger partial charge < -0.3 is 14.4 Å². The van der Waals surface area contributed by atoms with Crippen LogP contribution < -0.4 is 5.56 Å². The van der Waals surface area contributed by atoms with Crippen molar-refractivity contribution >= 4 is 0 Å². The van der Waals surface area contributed by atoms with Crippen LogP contribution in [0.2, 0.25) is 0 Å². The topological polar surface area (TPSA) is 54.7 Å². The van der Waals surface area contributed by atoms with Crippen LogP contribution >= 0.6 is 0 Å². The molecule has 1 aromatic heterocycles. The van der Waals surface area contributed by atoms with E-state index in [4.69, 9.17) is 4.74 Å². The lowest BCUT2D eigenvalue weighted by molar-refractivity contribution is 0.00227. The Balaban J connectivity index is 1.56. The fourth-order valence-electron chi connectivity index (χ4n) is 3.96. The van der Waals surface area contributed by atoms with Gasteiger partial charge >= 0.3 is 0 Å². The minimum Gasteiger partial charge on any atom is -0.389 e. The van der Waals surface area contributed by atoms with Crippen molar-refractivity contribution < 1.29 is 9.84 Å². The highest BCUT2D eigenvalue weighted by molar-refractivity contribution is 5.16. The molecule has 5 heteroatoms. The summed E-state index contributed by atoms with van der Waals surface area (Å²) in [6, 6.07) is 5.60. The molecule has 0 amide bonds. The van der Waals surface area contributed by atoms with E-state index in [9.17, 15) is 9.90 Å². The van der Waals surface area contributed by atoms with Crippen LogP contribution in [0.1, 0.15) is 37.8 Å². The Kier molecular flexibility index (Phi) is 5.51. The molecule has 1 saturated heterocycles. The molecule has 0 saturated carbocycles. The second kappa shape index (κ2) is 7.60. The van der Waals surface area contributed by atoms with Gasteiger partial charge in [-0.25, -0.2) is 0 Å². The smallest absolute Gasteiger partial charge is 0.250 e. The molecule has 1 aromatic rings. The number of piperidine rings is 1. The Hall–Kier alpha value is -1.17. The lowest BCUT2D eigenvalue weighted by Gasteiger charge is -2.43. The first-order chi connectivity index (χ1) is 11.2. The fraction of sp³-hybridized carbons (Fsp3) is 0.722. The summed E-state index contributed by atoms with van der Waals surface area (Å²) in [5.41, 5.74) is 1.28. The number of aliphatic hydroxyl groups excluding tert-OH is 1. The van der Waals surface area contributed by atoms with Gasteiger partial charge in [0.2, 0.25) is 0 Å². The van der Waals surface area contributed by atoms with E-state index in [1.54, 1.807) is 6.07 Å². The lowest BCUT2D eigenvalue weighted by atomic mass is 9.83. The van der Waals surface area contributed by atoms with Gasteiger partial charge in [0, 0.05) is 50.5 Å². The largest absolute Gasteiger partial charge is 0.389 e. The molecule has 1 N–H and O–H groups in total. The van der Waals surface area contributed by atoms with Crippen molar-refractivity contribution in [3.63, 3.8) is 0 Å². The van der Waals surface area contributed by atoms with E-state index in [0.717, 1.165) is 51.2 Å². The molecule has 2 unspecified atom stereocenters. The first-order valence-electron chi connectivity index (χ1n) is 8.85. The van der Waals surface area contributed by atoms with Gasteiger partial charge in [-0.3, -0.25) is 9.69 Å². The maximum atomic E-state index is 12.0. The zero-order chi connectivity index (χ0) is 16.2. The molecule has 5 nitrogen and oxygen atoms in total. The molecule has 2 aliphatic rings. The number of unbranched alkanes of at least 4 members (excludes halogenated alkanes) is 1. The van der Waals surface area contributed by atoms with Crippen molar-refractivity contribution in [2.45, 2.75) is 44.8 Å². The maximum absolute atomic E-state index is 12.0. The number of pyridine rings is 1. The average Bonchev–Trinajstić information content (AvgIpc) is 2.53. The Bertz CT molecular complexity index is 572. The zero-order valence-electron chi connectivity index (χ0n) is 14.0. The zero-order valence-corrected chi connectivity index (χ0v) is 14.0. The summed E-state index contributed by atoms with van der Waals surface area (Å²) in [5, 5.41) is 10.2. The summed E-state index contributed by atoms with van der Waals surface area (Å²) in [7, 11) is 0. The number of aromatic nitrogens is 1. The molecule has 3 rings (SSSR count). The Morgan fingerprint density at radius 1 is 1.35 bits per heavy atom. The predicted octanol–water partition coefficient (Wildman–Crippen LogP) is 1.44. The molecule has 1 fully saturated rings. The number of aliphatic hydroxyl groups is 1. The fourth-order valence-corrected chi connectivity index (χ4v) is 3.96. The molecule has 128 valence electrons. The predicted molar refractivity (Wildman–Crippen MR) is 89.7 cm³/mol. The molecule has 3 heterocycles. The highest BCUT2D eigenvalue weighted by Gasteiger charge is 2.34. The first kappa shape index (κ1) is 16.7. The monoisotopic (exact) mass is 320 g/mol. The number of rotatable bonds is 7. The summed E-state index contributed by atoms with van der Waals surface area (Å²) in [6.45, 7) is 6.64. The van der Waals surface area contributed by atoms with E-state index in [0.29, 0.717) is 25.0 Å². The molecule has 0 radical (unpaired) electrons. The van der Waals surface area contributed by atoms with Gasteiger partial charge in [0.25, 0.3) is 5.56 Å². The van der Waals surface area contributed by atoms with E-state index in [1.807, 2.05) is 10.6 Å².